The van der Waals surface area contributed by atoms with Crippen molar-refractivity contribution in [3.05, 3.63) is 35.9 Å². The fraction of sp³-hybridized carbons (Fsp3) is 0.600. The molecule has 0 amide bonds. The molecule has 1 unspecified atom stereocenters. The number of hydrogen-bond donors (Lipinski definition) is 0. The van der Waals surface area contributed by atoms with Crippen LogP contribution >= 0.6 is 0 Å². The van der Waals surface area contributed by atoms with Gasteiger partial charge in [-0.25, -0.2) is 0 Å². The van der Waals surface area contributed by atoms with E-state index in [2.05, 4.69) is 0 Å². The van der Waals surface area contributed by atoms with Crippen LogP contribution in [0, 0.1) is 5.41 Å². The van der Waals surface area contributed by atoms with Gasteiger partial charge in [-0.2, -0.15) is 0 Å². The maximum atomic E-state index is 12.5. The lowest BCUT2D eigenvalue weighted by atomic mass is 9.86. The zero-order chi connectivity index (χ0) is 19.2. The van der Waals surface area contributed by atoms with Crippen molar-refractivity contribution in [1.29, 1.82) is 0 Å². The summed E-state index contributed by atoms with van der Waals surface area (Å²) in [7, 11) is 0. The number of esters is 2. The molecule has 1 atom stereocenters. The third-order valence-corrected chi connectivity index (χ3v) is 4.29. The third-order valence-electron chi connectivity index (χ3n) is 4.29. The Hall–Kier alpha value is -1.92. The van der Waals surface area contributed by atoms with E-state index in [4.69, 9.17) is 18.9 Å². The lowest BCUT2D eigenvalue weighted by Crippen LogP contribution is -2.40. The highest BCUT2D eigenvalue weighted by atomic mass is 16.7. The van der Waals surface area contributed by atoms with Crippen LogP contribution in [0.15, 0.2) is 30.3 Å². The molecule has 0 radical (unpaired) electrons. The monoisotopic (exact) mass is 364 g/mol. The summed E-state index contributed by atoms with van der Waals surface area (Å²) in [5.41, 5.74) is 0.164. The van der Waals surface area contributed by atoms with E-state index in [1.54, 1.807) is 13.8 Å². The van der Waals surface area contributed by atoms with Crippen LogP contribution in [0.5, 0.6) is 0 Å². The molecule has 26 heavy (non-hydrogen) atoms. The van der Waals surface area contributed by atoms with Gasteiger partial charge in [-0.05, 0) is 26.7 Å². The van der Waals surface area contributed by atoms with Crippen molar-refractivity contribution in [2.24, 2.45) is 5.41 Å². The van der Waals surface area contributed by atoms with Gasteiger partial charge in [0.05, 0.1) is 18.6 Å². The number of benzene rings is 1. The van der Waals surface area contributed by atoms with Crippen LogP contribution in [-0.4, -0.2) is 37.4 Å². The molecule has 1 saturated heterocycles. The summed E-state index contributed by atoms with van der Waals surface area (Å²) in [5.74, 6) is -0.694. The van der Waals surface area contributed by atoms with E-state index in [0.29, 0.717) is 12.8 Å². The molecule has 0 saturated carbocycles. The summed E-state index contributed by atoms with van der Waals surface area (Å²) in [4.78, 5) is 23.7. The quantitative estimate of drug-likeness (QED) is 0.691. The molecule has 1 fully saturated rings. The minimum absolute atomic E-state index is 0.280. The number of ether oxygens (including phenoxy) is 4. The predicted molar refractivity (Wildman–Crippen MR) is 95.2 cm³/mol. The van der Waals surface area contributed by atoms with Gasteiger partial charge in [-0.1, -0.05) is 37.3 Å². The Morgan fingerprint density at radius 1 is 1.19 bits per heavy atom. The maximum Gasteiger partial charge on any atom is 0.312 e. The van der Waals surface area contributed by atoms with E-state index in [1.165, 1.54) is 6.92 Å². The first-order chi connectivity index (χ1) is 12.3. The van der Waals surface area contributed by atoms with Crippen LogP contribution in [0.4, 0.5) is 0 Å². The Bertz CT molecular complexity index is 590. The van der Waals surface area contributed by atoms with Gasteiger partial charge in [0, 0.05) is 12.5 Å². The van der Waals surface area contributed by atoms with Crippen LogP contribution in [0.2, 0.25) is 0 Å². The Kier molecular flexibility index (Phi) is 7.17. The van der Waals surface area contributed by atoms with Gasteiger partial charge in [-0.15, -0.1) is 0 Å². The van der Waals surface area contributed by atoms with E-state index in [1.807, 2.05) is 37.3 Å². The number of carbonyl (C=O) groups excluding carboxylic acids is 2. The van der Waals surface area contributed by atoms with Crippen molar-refractivity contribution in [1.82, 2.24) is 0 Å². The molecule has 2 rings (SSSR count). The summed E-state index contributed by atoms with van der Waals surface area (Å²) in [6.45, 7) is 7.43. The standard InChI is InChI=1S/C20H28O6/c1-5-16(25-14(2)21)11-20(3,4)19(22)26-17-12-23-18(24-13-17)15-9-7-6-8-10-15/h6-10,16-18H,5,11-13H2,1-4H3. The van der Waals surface area contributed by atoms with Crippen molar-refractivity contribution in [2.45, 2.75) is 59.0 Å². The van der Waals surface area contributed by atoms with Gasteiger partial charge in [-0.3, -0.25) is 9.59 Å². The second kappa shape index (κ2) is 9.14. The van der Waals surface area contributed by atoms with Gasteiger partial charge in [0.1, 0.15) is 12.2 Å². The molecule has 6 heteroatoms. The van der Waals surface area contributed by atoms with E-state index < -0.39 is 17.8 Å². The second-order valence-corrected chi connectivity index (χ2v) is 7.16. The van der Waals surface area contributed by atoms with E-state index in [9.17, 15) is 9.59 Å². The summed E-state index contributed by atoms with van der Waals surface area (Å²) in [6, 6.07) is 9.63. The Morgan fingerprint density at radius 3 is 2.35 bits per heavy atom. The van der Waals surface area contributed by atoms with Crippen molar-refractivity contribution < 1.29 is 28.5 Å². The van der Waals surface area contributed by atoms with Gasteiger partial charge in [0.15, 0.2) is 6.29 Å². The van der Waals surface area contributed by atoms with Crippen molar-refractivity contribution in [3.8, 4) is 0 Å². The summed E-state index contributed by atoms with van der Waals surface area (Å²) in [6.07, 6.45) is -0.146. The molecule has 1 aliphatic heterocycles. The minimum Gasteiger partial charge on any atom is -0.463 e. The number of carbonyl (C=O) groups is 2. The first-order valence-corrected chi connectivity index (χ1v) is 8.98. The molecule has 0 N–H and O–H groups in total. The number of rotatable bonds is 7. The SMILES string of the molecule is CCC(CC(C)(C)C(=O)OC1COC(c2ccccc2)OC1)OC(C)=O. The molecule has 6 nitrogen and oxygen atoms in total. The van der Waals surface area contributed by atoms with Gasteiger partial charge < -0.3 is 18.9 Å². The minimum atomic E-state index is -0.771. The van der Waals surface area contributed by atoms with Gasteiger partial charge in [0.25, 0.3) is 0 Å². The fourth-order valence-electron chi connectivity index (χ4n) is 2.82. The zero-order valence-corrected chi connectivity index (χ0v) is 15.9. The van der Waals surface area contributed by atoms with E-state index in [-0.39, 0.29) is 31.3 Å². The van der Waals surface area contributed by atoms with E-state index in [0.717, 1.165) is 5.56 Å². The smallest absolute Gasteiger partial charge is 0.312 e. The lowest BCUT2D eigenvalue weighted by Gasteiger charge is -2.32. The normalized spacial score (nSPS) is 21.7. The average molecular weight is 364 g/mol. The maximum absolute atomic E-state index is 12.5. The summed E-state index contributed by atoms with van der Waals surface area (Å²) in [5, 5.41) is 0. The lowest BCUT2D eigenvalue weighted by molar-refractivity contribution is -0.233. The first kappa shape index (κ1) is 20.4. The molecule has 0 spiro atoms. The van der Waals surface area contributed by atoms with Crippen LogP contribution in [0.3, 0.4) is 0 Å². The molecule has 1 heterocycles. The Labute approximate surface area is 154 Å². The highest BCUT2D eigenvalue weighted by Crippen LogP contribution is 2.29. The van der Waals surface area contributed by atoms with Crippen LogP contribution in [0.1, 0.15) is 52.4 Å². The molecular weight excluding hydrogens is 336 g/mol. The predicted octanol–water partition coefficient (Wildman–Crippen LogP) is 3.40. The first-order valence-electron chi connectivity index (χ1n) is 8.98. The largest absolute Gasteiger partial charge is 0.463 e. The molecule has 1 aromatic carbocycles. The Morgan fingerprint density at radius 2 is 1.81 bits per heavy atom. The van der Waals surface area contributed by atoms with Crippen LogP contribution in [-0.2, 0) is 28.5 Å². The topological polar surface area (TPSA) is 71.1 Å². The van der Waals surface area contributed by atoms with E-state index >= 15 is 0 Å². The number of hydrogen-bond acceptors (Lipinski definition) is 6. The molecule has 1 aromatic rings. The molecule has 0 aliphatic carbocycles. The molecule has 0 bridgehead atoms. The average Bonchev–Trinajstić information content (AvgIpc) is 2.62. The molecule has 0 aromatic heterocycles. The van der Waals surface area contributed by atoms with Crippen molar-refractivity contribution in [2.75, 3.05) is 13.2 Å². The summed E-state index contributed by atoms with van der Waals surface area (Å²) < 4.78 is 22.2. The third kappa shape index (κ3) is 5.81. The molecular formula is C20H28O6. The van der Waals surface area contributed by atoms with Crippen molar-refractivity contribution in [3.63, 3.8) is 0 Å². The second-order valence-electron chi connectivity index (χ2n) is 7.16. The summed E-state index contributed by atoms with van der Waals surface area (Å²) >= 11 is 0. The van der Waals surface area contributed by atoms with Crippen LogP contribution in [0.25, 0.3) is 0 Å². The molecule has 1 aliphatic rings. The zero-order valence-electron chi connectivity index (χ0n) is 15.9. The van der Waals surface area contributed by atoms with Crippen LogP contribution < -0.4 is 0 Å². The van der Waals surface area contributed by atoms with Gasteiger partial charge in [0.2, 0.25) is 0 Å². The Balaban J connectivity index is 1.84. The fourth-order valence-corrected chi connectivity index (χ4v) is 2.82. The van der Waals surface area contributed by atoms with Crippen molar-refractivity contribution >= 4 is 11.9 Å². The highest BCUT2D eigenvalue weighted by molar-refractivity contribution is 5.76. The highest BCUT2D eigenvalue weighted by Gasteiger charge is 2.36. The van der Waals surface area contributed by atoms with Gasteiger partial charge >= 0.3 is 11.9 Å². The molecule has 144 valence electrons.